The van der Waals surface area contributed by atoms with Crippen LogP contribution in [0.5, 0.6) is 0 Å². The van der Waals surface area contributed by atoms with Crippen LogP contribution >= 0.6 is 0 Å². The van der Waals surface area contributed by atoms with Gasteiger partial charge in [0.05, 0.1) is 0 Å². The van der Waals surface area contributed by atoms with E-state index in [2.05, 4.69) is 25.8 Å². The molecule has 0 saturated heterocycles. The molecule has 128 valence electrons. The van der Waals surface area contributed by atoms with Crippen LogP contribution in [0, 0.1) is 10.8 Å². The van der Waals surface area contributed by atoms with E-state index in [4.69, 9.17) is 4.42 Å². The molecule has 0 spiro atoms. The molecule has 2 aromatic rings. The minimum absolute atomic E-state index is 0. The highest BCUT2D eigenvalue weighted by atomic mass is 16.3. The van der Waals surface area contributed by atoms with Crippen LogP contribution in [0.2, 0.25) is 0 Å². The molecule has 0 aliphatic rings. The summed E-state index contributed by atoms with van der Waals surface area (Å²) in [5.41, 5.74) is 2.19. The maximum atomic E-state index is 12.3. The van der Waals surface area contributed by atoms with Crippen molar-refractivity contribution in [2.45, 2.75) is 68.2 Å². The van der Waals surface area contributed by atoms with Crippen molar-refractivity contribution >= 4 is 16.9 Å². The molecule has 0 unspecified atom stereocenters. The smallest absolute Gasteiger partial charge is 0.195 e. The van der Waals surface area contributed by atoms with Crippen molar-refractivity contribution in [1.29, 1.82) is 0 Å². The molecule has 2 rings (SSSR count). The molecule has 0 aliphatic carbocycles. The number of hydrogen-bond donors (Lipinski definition) is 0. The van der Waals surface area contributed by atoms with Crippen molar-refractivity contribution in [3.8, 4) is 0 Å². The number of carbonyl (C=O) groups is 1. The molecule has 0 amide bonds. The Morgan fingerprint density at radius 2 is 1.78 bits per heavy atom. The van der Waals surface area contributed by atoms with Gasteiger partial charge in [-0.05, 0) is 36.5 Å². The molecule has 1 aromatic carbocycles. The zero-order valence-electron chi connectivity index (χ0n) is 14.6. The highest BCUT2D eigenvalue weighted by molar-refractivity contribution is 6.01. The average molecular weight is 317 g/mol. The number of carbonyl (C=O) groups excluding carboxylic acids is 1. The number of hydrogen-bond acceptors (Lipinski definition) is 3. The quantitative estimate of drug-likeness (QED) is 0.643. The molecule has 3 nitrogen and oxygen atoms in total. The summed E-state index contributed by atoms with van der Waals surface area (Å²) in [5.74, 6) is 0.895. The van der Waals surface area contributed by atoms with Gasteiger partial charge in [-0.3, -0.25) is 4.79 Å². The fourth-order valence-corrected chi connectivity index (χ4v) is 2.43. The van der Waals surface area contributed by atoms with E-state index < -0.39 is 0 Å². The number of ketones is 1. The Bertz CT molecular complexity index is 669. The molecule has 0 atom stereocenters. The Balaban J connectivity index is 0.00000264. The Hall–Kier alpha value is -1.64. The van der Waals surface area contributed by atoms with Gasteiger partial charge in [0, 0.05) is 17.4 Å². The fourth-order valence-electron chi connectivity index (χ4n) is 2.43. The van der Waals surface area contributed by atoms with Crippen LogP contribution in [0.4, 0.5) is 0 Å². The van der Waals surface area contributed by atoms with Crippen molar-refractivity contribution in [2.75, 3.05) is 0 Å². The molecular formula is C20H31NO2. The monoisotopic (exact) mass is 317 g/mol. The average Bonchev–Trinajstić information content (AvgIpc) is 2.76. The number of aryl methyl sites for hydroxylation is 1. The van der Waals surface area contributed by atoms with E-state index in [0.717, 1.165) is 36.3 Å². The van der Waals surface area contributed by atoms with Crippen molar-refractivity contribution in [3.63, 3.8) is 0 Å². The number of fused-ring (bicyclic) bond motifs is 1. The lowest BCUT2D eigenvalue weighted by atomic mass is 9.86. The standard InChI is InChI=1S/C19H27NO2.CH4/c1-18(2,3)11-7-8-16-20-14-12-13(9-10-15(14)22-16)17(21)19(4,5)6;/h9-10,12H,7-8,11H2,1-6H3;1H4. The van der Waals surface area contributed by atoms with Gasteiger partial charge in [0.25, 0.3) is 0 Å². The lowest BCUT2D eigenvalue weighted by Gasteiger charge is -2.16. The molecule has 0 aliphatic heterocycles. The third-order valence-corrected chi connectivity index (χ3v) is 3.69. The molecule has 1 heterocycles. The van der Waals surface area contributed by atoms with Crippen LogP contribution in [-0.4, -0.2) is 10.8 Å². The first-order valence-electron chi connectivity index (χ1n) is 8.00. The van der Waals surface area contributed by atoms with Crippen LogP contribution in [0.15, 0.2) is 22.6 Å². The van der Waals surface area contributed by atoms with E-state index in [9.17, 15) is 4.79 Å². The number of benzene rings is 1. The van der Waals surface area contributed by atoms with Crippen molar-refractivity contribution in [3.05, 3.63) is 29.7 Å². The highest BCUT2D eigenvalue weighted by Crippen LogP contribution is 2.26. The molecule has 0 bridgehead atoms. The Labute approximate surface area is 140 Å². The van der Waals surface area contributed by atoms with Crippen molar-refractivity contribution < 1.29 is 9.21 Å². The topological polar surface area (TPSA) is 43.1 Å². The largest absolute Gasteiger partial charge is 0.441 e. The minimum Gasteiger partial charge on any atom is -0.441 e. The number of aromatic nitrogens is 1. The highest BCUT2D eigenvalue weighted by Gasteiger charge is 2.23. The summed E-state index contributed by atoms with van der Waals surface area (Å²) < 4.78 is 5.78. The van der Waals surface area contributed by atoms with E-state index in [1.807, 2.05) is 39.0 Å². The van der Waals surface area contributed by atoms with Gasteiger partial charge < -0.3 is 4.42 Å². The zero-order chi connectivity index (χ0) is 16.5. The second-order valence-corrected chi connectivity index (χ2v) is 8.28. The summed E-state index contributed by atoms with van der Waals surface area (Å²) >= 11 is 0. The van der Waals surface area contributed by atoms with Gasteiger partial charge in [-0.1, -0.05) is 49.0 Å². The lowest BCUT2D eigenvalue weighted by molar-refractivity contribution is 0.0858. The van der Waals surface area contributed by atoms with Gasteiger partial charge in [-0.15, -0.1) is 0 Å². The summed E-state index contributed by atoms with van der Waals surface area (Å²) in [4.78, 5) is 16.9. The van der Waals surface area contributed by atoms with Gasteiger partial charge in [0.15, 0.2) is 17.3 Å². The van der Waals surface area contributed by atoms with Crippen LogP contribution in [0.3, 0.4) is 0 Å². The predicted molar refractivity (Wildman–Crippen MR) is 96.9 cm³/mol. The number of nitrogens with zero attached hydrogens (tertiary/aromatic N) is 1. The van der Waals surface area contributed by atoms with E-state index in [1.54, 1.807) is 0 Å². The maximum absolute atomic E-state index is 12.3. The molecule has 23 heavy (non-hydrogen) atoms. The van der Waals surface area contributed by atoms with E-state index in [0.29, 0.717) is 11.0 Å². The first-order chi connectivity index (χ1) is 10.1. The minimum atomic E-state index is -0.382. The summed E-state index contributed by atoms with van der Waals surface area (Å²) in [7, 11) is 0. The summed E-state index contributed by atoms with van der Waals surface area (Å²) in [6.07, 6.45) is 3.04. The molecule has 0 radical (unpaired) electrons. The van der Waals surface area contributed by atoms with Gasteiger partial charge in [-0.2, -0.15) is 0 Å². The first kappa shape index (κ1) is 19.4. The van der Waals surface area contributed by atoms with Crippen LogP contribution in [0.1, 0.15) is 78.1 Å². The van der Waals surface area contributed by atoms with Crippen LogP contribution < -0.4 is 0 Å². The summed E-state index contributed by atoms with van der Waals surface area (Å²) in [6, 6.07) is 5.54. The molecular weight excluding hydrogens is 286 g/mol. The Morgan fingerprint density at radius 1 is 1.13 bits per heavy atom. The normalized spacial score (nSPS) is 12.3. The Kier molecular flexibility index (Phi) is 5.79. The molecule has 0 fully saturated rings. The third kappa shape index (κ3) is 5.19. The SMILES string of the molecule is C.CC(C)(C)CCCc1nc2cc(C(=O)C(C)(C)C)ccc2o1. The lowest BCUT2D eigenvalue weighted by Crippen LogP contribution is -2.19. The molecule has 3 heteroatoms. The van der Waals surface area contributed by atoms with Crippen molar-refractivity contribution in [2.24, 2.45) is 10.8 Å². The van der Waals surface area contributed by atoms with Gasteiger partial charge in [0.1, 0.15) is 5.52 Å². The molecule has 1 aromatic heterocycles. The van der Waals surface area contributed by atoms with E-state index in [1.165, 1.54) is 0 Å². The third-order valence-electron chi connectivity index (χ3n) is 3.69. The first-order valence-corrected chi connectivity index (χ1v) is 8.00. The van der Waals surface area contributed by atoms with E-state index in [-0.39, 0.29) is 18.6 Å². The number of Topliss-reactive ketones (excluding diaryl/α,β-unsaturated/α-hetero) is 1. The van der Waals surface area contributed by atoms with Gasteiger partial charge in [0.2, 0.25) is 0 Å². The van der Waals surface area contributed by atoms with Crippen LogP contribution in [-0.2, 0) is 6.42 Å². The van der Waals surface area contributed by atoms with Crippen LogP contribution in [0.25, 0.3) is 11.1 Å². The fraction of sp³-hybridized carbons (Fsp3) is 0.600. The van der Waals surface area contributed by atoms with Gasteiger partial charge >= 0.3 is 0 Å². The summed E-state index contributed by atoms with van der Waals surface area (Å²) in [5, 5.41) is 0. The second-order valence-electron chi connectivity index (χ2n) is 8.28. The second kappa shape index (κ2) is 6.86. The number of oxazole rings is 1. The van der Waals surface area contributed by atoms with Gasteiger partial charge in [-0.25, -0.2) is 4.98 Å². The Morgan fingerprint density at radius 3 is 2.35 bits per heavy atom. The van der Waals surface area contributed by atoms with Crippen molar-refractivity contribution in [1.82, 2.24) is 4.98 Å². The molecule has 0 N–H and O–H groups in total. The maximum Gasteiger partial charge on any atom is 0.195 e. The summed E-state index contributed by atoms with van der Waals surface area (Å²) in [6.45, 7) is 12.5. The predicted octanol–water partition coefficient (Wildman–Crippen LogP) is 6.06. The van der Waals surface area contributed by atoms with E-state index >= 15 is 0 Å². The zero-order valence-corrected chi connectivity index (χ0v) is 14.6. The number of rotatable bonds is 4. The molecule has 0 saturated carbocycles.